The van der Waals surface area contributed by atoms with E-state index < -0.39 is 0 Å². The number of hydrogen-bond acceptors (Lipinski definition) is 3. The SMILES string of the molecule is C[C@]12Cc3cnn(-c4ccc(F)cc4)c3C=C1CCC[C@@H]2C(=O)c1ccsc1. The van der Waals surface area contributed by atoms with Gasteiger partial charge in [-0.1, -0.05) is 12.5 Å². The molecule has 5 rings (SSSR count). The van der Waals surface area contributed by atoms with Crippen LogP contribution in [-0.2, 0) is 6.42 Å². The van der Waals surface area contributed by atoms with Crippen LogP contribution in [0.2, 0.25) is 0 Å². The summed E-state index contributed by atoms with van der Waals surface area (Å²) in [4.78, 5) is 13.2. The fourth-order valence-electron chi connectivity index (χ4n) is 4.86. The highest BCUT2D eigenvalue weighted by atomic mass is 32.1. The Morgan fingerprint density at radius 2 is 2.11 bits per heavy atom. The third-order valence-electron chi connectivity index (χ3n) is 6.39. The fraction of sp³-hybridized carbons (Fsp3) is 0.304. The van der Waals surface area contributed by atoms with Crippen molar-refractivity contribution in [1.29, 1.82) is 0 Å². The number of hydrogen-bond donors (Lipinski definition) is 0. The predicted octanol–water partition coefficient (Wildman–Crippen LogP) is 5.70. The van der Waals surface area contributed by atoms with Crippen molar-refractivity contribution < 1.29 is 9.18 Å². The number of aromatic nitrogens is 2. The van der Waals surface area contributed by atoms with Gasteiger partial charge in [-0.05, 0) is 73.0 Å². The van der Waals surface area contributed by atoms with Crippen LogP contribution >= 0.6 is 11.3 Å². The van der Waals surface area contributed by atoms with Crippen LogP contribution in [0.25, 0.3) is 11.8 Å². The summed E-state index contributed by atoms with van der Waals surface area (Å²) >= 11 is 1.58. The first-order valence-electron chi connectivity index (χ1n) is 9.66. The molecule has 0 aliphatic heterocycles. The molecule has 3 nitrogen and oxygen atoms in total. The number of halogens is 1. The van der Waals surface area contributed by atoms with Crippen LogP contribution in [-0.4, -0.2) is 15.6 Å². The van der Waals surface area contributed by atoms with Gasteiger partial charge < -0.3 is 0 Å². The second-order valence-electron chi connectivity index (χ2n) is 8.03. The van der Waals surface area contributed by atoms with Crippen molar-refractivity contribution in [2.24, 2.45) is 11.3 Å². The Labute approximate surface area is 167 Å². The van der Waals surface area contributed by atoms with Crippen molar-refractivity contribution in [1.82, 2.24) is 9.78 Å². The number of allylic oxidation sites excluding steroid dienone is 1. The molecule has 142 valence electrons. The van der Waals surface area contributed by atoms with E-state index in [1.54, 1.807) is 23.5 Å². The monoisotopic (exact) mass is 392 g/mol. The second-order valence-corrected chi connectivity index (χ2v) is 8.81. The minimum atomic E-state index is -0.252. The van der Waals surface area contributed by atoms with Crippen molar-refractivity contribution in [2.45, 2.75) is 32.6 Å². The lowest BCUT2D eigenvalue weighted by molar-refractivity contribution is 0.0763. The van der Waals surface area contributed by atoms with Gasteiger partial charge in [0.25, 0.3) is 0 Å². The maximum atomic E-state index is 13.3. The summed E-state index contributed by atoms with van der Waals surface area (Å²) in [7, 11) is 0. The van der Waals surface area contributed by atoms with Gasteiger partial charge >= 0.3 is 0 Å². The van der Waals surface area contributed by atoms with E-state index in [1.807, 2.05) is 27.7 Å². The Balaban J connectivity index is 1.55. The zero-order chi connectivity index (χ0) is 19.3. The third-order valence-corrected chi connectivity index (χ3v) is 7.07. The molecule has 0 saturated heterocycles. The highest BCUT2D eigenvalue weighted by Crippen LogP contribution is 2.52. The lowest BCUT2D eigenvalue weighted by Gasteiger charge is -2.45. The molecule has 2 heterocycles. The zero-order valence-electron chi connectivity index (χ0n) is 15.7. The summed E-state index contributed by atoms with van der Waals surface area (Å²) in [6.45, 7) is 2.24. The number of fused-ring (bicyclic) bond motifs is 2. The molecule has 28 heavy (non-hydrogen) atoms. The van der Waals surface area contributed by atoms with E-state index in [0.29, 0.717) is 0 Å². The molecule has 2 aliphatic rings. The molecule has 2 atom stereocenters. The van der Waals surface area contributed by atoms with E-state index in [1.165, 1.54) is 17.7 Å². The molecule has 1 saturated carbocycles. The van der Waals surface area contributed by atoms with Gasteiger partial charge in [-0.3, -0.25) is 4.79 Å². The topological polar surface area (TPSA) is 34.9 Å². The predicted molar refractivity (Wildman–Crippen MR) is 109 cm³/mol. The van der Waals surface area contributed by atoms with E-state index in [0.717, 1.165) is 48.2 Å². The van der Waals surface area contributed by atoms with Crippen LogP contribution in [0.1, 0.15) is 47.8 Å². The Bertz CT molecular complexity index is 1060. The molecule has 3 aromatic rings. The van der Waals surface area contributed by atoms with Crippen molar-refractivity contribution in [2.75, 3.05) is 0 Å². The third kappa shape index (κ3) is 2.68. The van der Waals surface area contributed by atoms with Crippen LogP contribution in [0, 0.1) is 17.2 Å². The molecule has 0 radical (unpaired) electrons. The van der Waals surface area contributed by atoms with Gasteiger partial charge in [0, 0.05) is 22.3 Å². The smallest absolute Gasteiger partial charge is 0.167 e. The molecule has 0 amide bonds. The minimum Gasteiger partial charge on any atom is -0.294 e. The molecular formula is C23H21FN2OS. The lowest BCUT2D eigenvalue weighted by Crippen LogP contribution is -2.41. The maximum Gasteiger partial charge on any atom is 0.167 e. The van der Waals surface area contributed by atoms with Gasteiger partial charge in [0.2, 0.25) is 0 Å². The summed E-state index contributed by atoms with van der Waals surface area (Å²) < 4.78 is 15.2. The van der Waals surface area contributed by atoms with E-state index in [4.69, 9.17) is 0 Å². The second kappa shape index (κ2) is 6.52. The first-order valence-corrected chi connectivity index (χ1v) is 10.6. The maximum absolute atomic E-state index is 13.3. The summed E-state index contributed by atoms with van der Waals surface area (Å²) in [5, 5.41) is 8.51. The van der Waals surface area contributed by atoms with E-state index in [2.05, 4.69) is 18.1 Å². The molecule has 1 aromatic carbocycles. The molecule has 0 bridgehead atoms. The molecule has 5 heteroatoms. The quantitative estimate of drug-likeness (QED) is 0.536. The van der Waals surface area contributed by atoms with Crippen molar-refractivity contribution in [3.8, 4) is 5.69 Å². The van der Waals surface area contributed by atoms with E-state index in [-0.39, 0.29) is 22.9 Å². The lowest BCUT2D eigenvalue weighted by atomic mass is 9.58. The standard InChI is InChI=1S/C23H21FN2OS/c1-23-12-16-13-25-26(19-7-5-18(24)6-8-19)21(16)11-17(23)3-2-4-20(23)22(27)15-9-10-28-14-15/h5-11,13-14,20H,2-4,12H2,1H3/t20-,23+/m1/s1. The molecule has 0 unspecified atom stereocenters. The number of nitrogens with zero attached hydrogens (tertiary/aromatic N) is 2. The highest BCUT2D eigenvalue weighted by molar-refractivity contribution is 7.08. The molecule has 1 fully saturated rings. The van der Waals surface area contributed by atoms with Crippen LogP contribution in [0.3, 0.4) is 0 Å². The number of benzene rings is 1. The zero-order valence-corrected chi connectivity index (χ0v) is 16.5. The molecule has 2 aromatic heterocycles. The largest absolute Gasteiger partial charge is 0.294 e. The number of carbonyl (C=O) groups is 1. The highest BCUT2D eigenvalue weighted by Gasteiger charge is 2.46. The average molecular weight is 392 g/mol. The van der Waals surface area contributed by atoms with Gasteiger partial charge in [0.05, 0.1) is 17.6 Å². The Morgan fingerprint density at radius 3 is 2.86 bits per heavy atom. The van der Waals surface area contributed by atoms with Gasteiger partial charge in [0.1, 0.15) is 5.82 Å². The summed E-state index contributed by atoms with van der Waals surface area (Å²) in [6.07, 6.45) is 7.92. The Kier molecular flexibility index (Phi) is 4.09. The number of Topliss-reactive ketones (excluding diaryl/α,β-unsaturated/α-hetero) is 1. The van der Waals surface area contributed by atoms with Crippen molar-refractivity contribution >= 4 is 23.2 Å². The van der Waals surface area contributed by atoms with E-state index >= 15 is 0 Å². The number of carbonyl (C=O) groups excluding carboxylic acids is 1. The van der Waals surface area contributed by atoms with Crippen LogP contribution in [0.15, 0.2) is 52.9 Å². The van der Waals surface area contributed by atoms with Crippen LogP contribution in [0.4, 0.5) is 4.39 Å². The normalized spacial score (nSPS) is 23.6. The molecule has 0 spiro atoms. The van der Waals surface area contributed by atoms with Crippen LogP contribution in [0.5, 0.6) is 0 Å². The minimum absolute atomic E-state index is 0.00409. The van der Waals surface area contributed by atoms with Crippen LogP contribution < -0.4 is 0 Å². The first kappa shape index (κ1) is 17.6. The van der Waals surface area contributed by atoms with Gasteiger partial charge in [-0.15, -0.1) is 0 Å². The number of thiophene rings is 1. The summed E-state index contributed by atoms with van der Waals surface area (Å²) in [5.74, 6) is 0.0194. The van der Waals surface area contributed by atoms with Gasteiger partial charge in [0.15, 0.2) is 5.78 Å². The van der Waals surface area contributed by atoms with E-state index in [9.17, 15) is 9.18 Å². The number of rotatable bonds is 3. The Hall–Kier alpha value is -2.53. The van der Waals surface area contributed by atoms with Gasteiger partial charge in [-0.25, -0.2) is 9.07 Å². The molecular weight excluding hydrogens is 371 g/mol. The number of ketones is 1. The van der Waals surface area contributed by atoms with Crippen molar-refractivity contribution in [3.63, 3.8) is 0 Å². The molecule has 2 aliphatic carbocycles. The Morgan fingerprint density at radius 1 is 1.29 bits per heavy atom. The summed E-state index contributed by atoms with van der Waals surface area (Å²) in [6, 6.07) is 8.35. The first-order chi connectivity index (χ1) is 13.6. The summed E-state index contributed by atoms with van der Waals surface area (Å²) in [5.41, 5.74) is 5.07. The average Bonchev–Trinajstić information content (AvgIpc) is 3.35. The van der Waals surface area contributed by atoms with Crippen molar-refractivity contribution in [3.05, 3.63) is 75.5 Å². The molecule has 0 N–H and O–H groups in total. The van der Waals surface area contributed by atoms with Gasteiger partial charge in [-0.2, -0.15) is 16.4 Å². The fourth-order valence-corrected chi connectivity index (χ4v) is 5.50.